The van der Waals surface area contributed by atoms with Crippen molar-refractivity contribution in [1.29, 1.82) is 0 Å². The molecule has 1 saturated heterocycles. The number of hydrogen-bond acceptors (Lipinski definition) is 17. The molecule has 4 aromatic carbocycles. The summed E-state index contributed by atoms with van der Waals surface area (Å²) >= 11 is 3.50. The molecule has 20 nitrogen and oxygen atoms in total. The number of carbonyl (C=O) groups is 3. The van der Waals surface area contributed by atoms with E-state index in [1.807, 2.05) is 67.8 Å². The quantitative estimate of drug-likeness (QED) is 0.0146. The number of benzene rings is 4. The number of pyridine rings is 2. The molecule has 0 aliphatic carbocycles. The van der Waals surface area contributed by atoms with E-state index in [0.717, 1.165) is 80.3 Å². The molecule has 23 heteroatoms. The molecule has 1 unspecified atom stereocenters. The first-order valence-electron chi connectivity index (χ1n) is 32.7. The minimum atomic E-state index is -1.59. The second kappa shape index (κ2) is 34.3. The van der Waals surface area contributed by atoms with Crippen molar-refractivity contribution in [2.24, 2.45) is 0 Å². The molecule has 0 radical (unpaired) electrons. The molecule has 10 rings (SSSR count). The van der Waals surface area contributed by atoms with Gasteiger partial charge >= 0.3 is 5.69 Å². The number of anilines is 2. The minimum absolute atomic E-state index is 0.0524. The molecule has 3 aliphatic heterocycles. The second-order valence-electron chi connectivity index (χ2n) is 23.9. The van der Waals surface area contributed by atoms with E-state index in [9.17, 15) is 29.1 Å². The third-order valence-corrected chi connectivity index (χ3v) is 20.9. The van der Waals surface area contributed by atoms with Gasteiger partial charge in [-0.25, -0.2) is 9.46 Å². The first kappa shape index (κ1) is 69.3. The van der Waals surface area contributed by atoms with E-state index in [4.69, 9.17) is 13.8 Å². The maximum absolute atomic E-state index is 13.4. The average Bonchev–Trinajstić information content (AvgIpc) is 1.63. The lowest BCUT2D eigenvalue weighted by atomic mass is 10.1. The molecule has 5 N–H and O–H groups in total. The number of aliphatic hydroxyl groups is 1. The molecule has 6 heterocycles. The summed E-state index contributed by atoms with van der Waals surface area (Å²) in [5.41, 5.74) is 5.17. The van der Waals surface area contributed by atoms with Crippen molar-refractivity contribution < 1.29 is 33.3 Å². The Balaban J connectivity index is 0.730. The van der Waals surface area contributed by atoms with Crippen molar-refractivity contribution in [2.75, 3.05) is 75.4 Å². The summed E-state index contributed by atoms with van der Waals surface area (Å²) in [7, 11) is -1.59. The predicted octanol–water partition coefficient (Wildman–Crippen LogP) is 11.3. The van der Waals surface area contributed by atoms with Crippen molar-refractivity contribution >= 4 is 101 Å². The molecule has 0 bridgehead atoms. The van der Waals surface area contributed by atoms with Gasteiger partial charge in [0.1, 0.15) is 6.23 Å². The highest BCUT2D eigenvalue weighted by Crippen LogP contribution is 2.51. The Morgan fingerprint density at radius 3 is 1.77 bits per heavy atom. The molecule has 496 valence electrons. The summed E-state index contributed by atoms with van der Waals surface area (Å²) in [6.45, 7) is 13.9. The number of carbonyl (C=O) groups excluding carboxylic acids is 3. The van der Waals surface area contributed by atoms with Crippen LogP contribution in [0, 0.1) is 0 Å². The standard InChI is InChI=1S/C71H86N11O9PS2/c1-6-60-61(91-92(89-44-43-83)82(49(2)3)50(4)5)47-67(90-60)81-48-53(70(87)77-71(81)88)29-30-66(86)76-37-42-78(40-35-74-64(84)27-15-17-38-79-58-23-11-13-25-62(58)93-68(79)45-51-31-33-72-56-21-9-7-19-54(51)56)41-36-75-65(85)28-16-18-39-80-59-24-12-14-26-63(59)94-69(80)46-52-32-34-73-57-22-10-8-20-55(52)57/h7-14,19-26,29-34,45-46,48-50,60-61,67,83H,6,15-18,27-28,35-44,47H2,1-5H3,(H,74,84)(H,75,85)(H,76,86)(H,77,87,88)/b30-29+,68-45-,69-46-/t60-,61-,67-,92?/m1/s1. The summed E-state index contributed by atoms with van der Waals surface area (Å²) in [5, 5.41) is 23.2. The Labute approximate surface area is 559 Å². The molecule has 3 aliphatic rings. The third kappa shape index (κ3) is 18.3. The third-order valence-electron chi connectivity index (χ3n) is 16.6. The molecule has 94 heavy (non-hydrogen) atoms. The number of aromatic amines is 1. The number of nitrogens with zero attached hydrogens (tertiary/aromatic N) is 7. The molecule has 4 atom stereocenters. The maximum atomic E-state index is 13.4. The zero-order valence-corrected chi connectivity index (χ0v) is 56.7. The van der Waals surface area contributed by atoms with E-state index in [-0.39, 0.29) is 55.3 Å². The number of thioether (sulfide) groups is 2. The van der Waals surface area contributed by atoms with Gasteiger partial charge in [0.05, 0.1) is 63.5 Å². The van der Waals surface area contributed by atoms with Gasteiger partial charge in [0.2, 0.25) is 17.7 Å². The van der Waals surface area contributed by atoms with Gasteiger partial charge in [-0.2, -0.15) is 0 Å². The lowest BCUT2D eigenvalue weighted by Gasteiger charge is -2.37. The first-order valence-corrected chi connectivity index (χ1v) is 35.4. The second-order valence-corrected chi connectivity index (χ2v) is 27.4. The SMILES string of the molecule is CC[C@H]1O[C@@H](n2cc(/C=C/C(=O)NCCN(CCNC(=O)CCCCN3/C(=C/c4ccnc5ccccc45)Sc4ccccc43)CCNC(=O)CCCCN3/C(=C/c4ccnc5ccccc45)Sc4ccccc43)c(=O)[nH]c2=O)C[C@H]1OP(OCCO)N(C(C)C)C(C)C. The van der Waals surface area contributed by atoms with Crippen LogP contribution in [-0.2, 0) is 28.2 Å². The molecule has 0 spiro atoms. The number of unbranched alkanes of at least 4 members (excludes halogenated alkanes) is 2. The van der Waals surface area contributed by atoms with E-state index in [0.29, 0.717) is 71.2 Å². The Hall–Kier alpha value is -7.50. The van der Waals surface area contributed by atoms with Crippen LogP contribution >= 0.6 is 32.0 Å². The largest absolute Gasteiger partial charge is 0.394 e. The summed E-state index contributed by atoms with van der Waals surface area (Å²) in [6.07, 6.45) is 15.1. The van der Waals surface area contributed by atoms with Crippen LogP contribution < -0.4 is 37.0 Å². The van der Waals surface area contributed by atoms with E-state index in [2.05, 4.69) is 151 Å². The molecule has 7 aromatic rings. The fourth-order valence-electron chi connectivity index (χ4n) is 12.0. The topological polar surface area (TPSA) is 229 Å². The van der Waals surface area contributed by atoms with Crippen LogP contribution in [0.4, 0.5) is 11.4 Å². The number of rotatable bonds is 33. The van der Waals surface area contributed by atoms with Gasteiger partial charge < -0.3 is 44.6 Å². The van der Waals surface area contributed by atoms with Crippen LogP contribution in [0.15, 0.2) is 163 Å². The van der Waals surface area contributed by atoms with Crippen LogP contribution in [0.2, 0.25) is 0 Å². The highest BCUT2D eigenvalue weighted by atomic mass is 32.2. The summed E-state index contributed by atoms with van der Waals surface area (Å²) < 4.78 is 22.5. The van der Waals surface area contributed by atoms with E-state index in [1.54, 1.807) is 23.5 Å². The van der Waals surface area contributed by atoms with E-state index < -0.39 is 38.0 Å². The lowest BCUT2D eigenvalue weighted by molar-refractivity contribution is -0.121. The number of aliphatic hydroxyl groups excluding tert-OH is 1. The number of ether oxygens (including phenoxy) is 1. The summed E-state index contributed by atoms with van der Waals surface area (Å²) in [4.78, 5) is 87.4. The highest BCUT2D eigenvalue weighted by Gasteiger charge is 2.41. The Morgan fingerprint density at radius 2 is 1.23 bits per heavy atom. The monoisotopic (exact) mass is 1330 g/mol. The van der Waals surface area contributed by atoms with Crippen LogP contribution in [0.25, 0.3) is 40.0 Å². The Morgan fingerprint density at radius 1 is 0.713 bits per heavy atom. The number of para-hydroxylation sites is 4. The summed E-state index contributed by atoms with van der Waals surface area (Å²) in [6, 6.07) is 37.4. The van der Waals surface area contributed by atoms with Gasteiger partial charge in [0, 0.05) is 129 Å². The van der Waals surface area contributed by atoms with Crippen LogP contribution in [0.1, 0.15) is 109 Å². The fourth-order valence-corrected chi connectivity index (χ4v) is 16.0. The zero-order valence-electron chi connectivity index (χ0n) is 54.2. The van der Waals surface area contributed by atoms with Gasteiger partial charge in [0.25, 0.3) is 14.1 Å². The van der Waals surface area contributed by atoms with Crippen molar-refractivity contribution in [3.8, 4) is 0 Å². The van der Waals surface area contributed by atoms with Gasteiger partial charge in [-0.15, -0.1) is 0 Å². The number of H-pyrrole nitrogens is 1. The zero-order chi connectivity index (χ0) is 65.9. The van der Waals surface area contributed by atoms with Crippen molar-refractivity contribution in [3.05, 3.63) is 181 Å². The van der Waals surface area contributed by atoms with Gasteiger partial charge in [-0.05, 0) is 138 Å². The number of aromatic nitrogens is 4. The molecule has 3 aromatic heterocycles. The van der Waals surface area contributed by atoms with Crippen molar-refractivity contribution in [1.82, 2.24) is 45.0 Å². The number of fused-ring (bicyclic) bond motifs is 4. The minimum Gasteiger partial charge on any atom is -0.394 e. The molecular formula is C71H86N11O9PS2. The number of hydrogen-bond donors (Lipinski definition) is 5. The molecule has 3 amide bonds. The predicted molar refractivity (Wildman–Crippen MR) is 378 cm³/mol. The van der Waals surface area contributed by atoms with Crippen LogP contribution in [0.5, 0.6) is 0 Å². The maximum Gasteiger partial charge on any atom is 0.330 e. The number of amides is 3. The van der Waals surface area contributed by atoms with Crippen LogP contribution in [0.3, 0.4) is 0 Å². The Kier molecular flexibility index (Phi) is 25.3. The van der Waals surface area contributed by atoms with Crippen molar-refractivity contribution in [3.63, 3.8) is 0 Å². The first-order chi connectivity index (χ1) is 45.7. The average molecular weight is 1330 g/mol. The van der Waals surface area contributed by atoms with Gasteiger partial charge in [0.15, 0.2) is 0 Å². The Bertz CT molecular complexity index is 3770. The van der Waals surface area contributed by atoms with Crippen LogP contribution in [-0.4, -0.2) is 142 Å². The van der Waals surface area contributed by atoms with Crippen molar-refractivity contribution in [2.45, 2.75) is 126 Å². The smallest absolute Gasteiger partial charge is 0.330 e. The van der Waals surface area contributed by atoms with Gasteiger partial charge in [-0.1, -0.05) is 91.1 Å². The highest BCUT2D eigenvalue weighted by molar-refractivity contribution is 8.04. The van der Waals surface area contributed by atoms with Gasteiger partial charge in [-0.3, -0.25) is 43.6 Å². The van der Waals surface area contributed by atoms with E-state index in [1.165, 1.54) is 32.7 Å². The molecule has 1 fully saturated rings. The molecule has 0 saturated carbocycles. The normalized spacial score (nSPS) is 17.4. The summed E-state index contributed by atoms with van der Waals surface area (Å²) in [5.74, 6) is -0.563. The van der Waals surface area contributed by atoms with E-state index >= 15 is 0 Å². The number of nitrogens with one attached hydrogen (secondary N) is 4. The fraction of sp³-hybridized carbons (Fsp3) is 0.394. The molecular weight excluding hydrogens is 1250 g/mol. The lowest BCUT2D eigenvalue weighted by Crippen LogP contribution is -2.42.